The second-order valence-corrected chi connectivity index (χ2v) is 6.78. The average Bonchev–Trinajstić information content (AvgIpc) is 2.76. The standard InChI is InChI=1S/C14H18ClNO/c15-8-12-4-13(17-16-12)14-5-9-1-10(6-14)3-11(2-9)7-14/h4,9-11H,1-3,5-8H2. The van der Waals surface area contributed by atoms with E-state index in [9.17, 15) is 0 Å². The van der Waals surface area contributed by atoms with Gasteiger partial charge in [0, 0.05) is 11.5 Å². The van der Waals surface area contributed by atoms with Crippen molar-refractivity contribution in [3.63, 3.8) is 0 Å². The molecule has 92 valence electrons. The van der Waals surface area contributed by atoms with Crippen molar-refractivity contribution < 1.29 is 4.52 Å². The van der Waals surface area contributed by atoms with Crippen LogP contribution in [0.15, 0.2) is 10.6 Å². The van der Waals surface area contributed by atoms with Crippen molar-refractivity contribution in [3.05, 3.63) is 17.5 Å². The summed E-state index contributed by atoms with van der Waals surface area (Å²) in [5, 5.41) is 4.08. The first-order valence-corrected chi connectivity index (χ1v) is 7.33. The minimum Gasteiger partial charge on any atom is -0.361 e. The molecule has 1 heterocycles. The van der Waals surface area contributed by atoms with Crippen LogP contribution in [0.5, 0.6) is 0 Å². The number of alkyl halides is 1. The third-order valence-corrected chi connectivity index (χ3v) is 5.53. The first-order valence-electron chi connectivity index (χ1n) is 6.79. The lowest BCUT2D eigenvalue weighted by Gasteiger charge is -2.55. The van der Waals surface area contributed by atoms with E-state index >= 15 is 0 Å². The first kappa shape index (κ1) is 10.4. The molecule has 0 aromatic carbocycles. The van der Waals surface area contributed by atoms with E-state index in [1.807, 2.05) is 0 Å². The zero-order valence-corrected chi connectivity index (χ0v) is 10.7. The fourth-order valence-electron chi connectivity index (χ4n) is 5.04. The van der Waals surface area contributed by atoms with Crippen LogP contribution in [-0.4, -0.2) is 5.16 Å². The third kappa shape index (κ3) is 1.49. The molecule has 2 nitrogen and oxygen atoms in total. The Morgan fingerprint density at radius 3 is 2.24 bits per heavy atom. The maximum atomic E-state index is 5.83. The van der Waals surface area contributed by atoms with Crippen LogP contribution in [0, 0.1) is 17.8 Å². The zero-order chi connectivity index (χ0) is 11.5. The van der Waals surface area contributed by atoms with Crippen LogP contribution in [0.3, 0.4) is 0 Å². The van der Waals surface area contributed by atoms with Crippen LogP contribution in [0.2, 0.25) is 0 Å². The highest BCUT2D eigenvalue weighted by Crippen LogP contribution is 2.60. The van der Waals surface area contributed by atoms with Crippen LogP contribution >= 0.6 is 11.6 Å². The summed E-state index contributed by atoms with van der Waals surface area (Å²) in [4.78, 5) is 0. The molecular weight excluding hydrogens is 234 g/mol. The quantitative estimate of drug-likeness (QED) is 0.746. The molecule has 0 spiro atoms. The summed E-state index contributed by atoms with van der Waals surface area (Å²) in [5.74, 6) is 4.45. The molecule has 3 heteroatoms. The topological polar surface area (TPSA) is 26.0 Å². The second-order valence-electron chi connectivity index (χ2n) is 6.51. The monoisotopic (exact) mass is 251 g/mol. The highest BCUT2D eigenvalue weighted by molar-refractivity contribution is 6.16. The molecule has 1 aromatic rings. The lowest BCUT2D eigenvalue weighted by atomic mass is 9.49. The van der Waals surface area contributed by atoms with Crippen LogP contribution in [0.25, 0.3) is 0 Å². The Bertz CT molecular complexity index is 404. The molecule has 0 unspecified atom stereocenters. The molecular formula is C14H18ClNO. The van der Waals surface area contributed by atoms with Crippen LogP contribution in [-0.2, 0) is 11.3 Å². The normalized spacial score (nSPS) is 43.2. The number of nitrogens with zero attached hydrogens (tertiary/aromatic N) is 1. The molecule has 0 saturated heterocycles. The van der Waals surface area contributed by atoms with Gasteiger partial charge in [-0.2, -0.15) is 0 Å². The highest BCUT2D eigenvalue weighted by atomic mass is 35.5. The smallest absolute Gasteiger partial charge is 0.143 e. The molecule has 0 atom stereocenters. The molecule has 4 aliphatic carbocycles. The van der Waals surface area contributed by atoms with Crippen molar-refractivity contribution in [2.24, 2.45) is 17.8 Å². The summed E-state index contributed by atoms with van der Waals surface area (Å²) in [6.07, 6.45) is 8.39. The van der Waals surface area contributed by atoms with Crippen LogP contribution in [0.1, 0.15) is 50.0 Å². The van der Waals surface area contributed by atoms with Crippen LogP contribution in [0.4, 0.5) is 0 Å². The predicted molar refractivity (Wildman–Crippen MR) is 65.9 cm³/mol. The van der Waals surface area contributed by atoms with Gasteiger partial charge in [-0.05, 0) is 56.3 Å². The fourth-order valence-corrected chi connectivity index (χ4v) is 5.16. The molecule has 4 fully saturated rings. The maximum Gasteiger partial charge on any atom is 0.143 e. The van der Waals surface area contributed by atoms with Crippen LogP contribution < -0.4 is 0 Å². The minimum atomic E-state index is 0.325. The summed E-state index contributed by atoms with van der Waals surface area (Å²) >= 11 is 5.83. The van der Waals surface area contributed by atoms with Gasteiger partial charge in [0.15, 0.2) is 0 Å². The Balaban J connectivity index is 1.72. The molecule has 0 radical (unpaired) electrons. The summed E-state index contributed by atoms with van der Waals surface area (Å²) in [6.45, 7) is 0. The lowest BCUT2D eigenvalue weighted by Crippen LogP contribution is -2.48. The molecule has 4 aliphatic rings. The Hall–Kier alpha value is -0.500. The third-order valence-electron chi connectivity index (χ3n) is 5.26. The van der Waals surface area contributed by atoms with Gasteiger partial charge in [-0.3, -0.25) is 0 Å². The minimum absolute atomic E-state index is 0.325. The molecule has 0 N–H and O–H groups in total. The van der Waals surface area contributed by atoms with Gasteiger partial charge in [0.2, 0.25) is 0 Å². The SMILES string of the molecule is ClCc1cc(C23CC4CC(CC(C4)C2)C3)on1. The van der Waals surface area contributed by atoms with E-state index in [1.54, 1.807) is 0 Å². The van der Waals surface area contributed by atoms with Gasteiger partial charge >= 0.3 is 0 Å². The first-order chi connectivity index (χ1) is 8.27. The Kier molecular flexibility index (Phi) is 2.15. The summed E-state index contributed by atoms with van der Waals surface area (Å²) < 4.78 is 5.61. The number of halogens is 1. The lowest BCUT2D eigenvalue weighted by molar-refractivity contribution is -0.0175. The van der Waals surface area contributed by atoms with Gasteiger partial charge in [0.1, 0.15) is 5.76 Å². The van der Waals surface area contributed by atoms with Crippen molar-refractivity contribution in [1.82, 2.24) is 5.16 Å². The van der Waals surface area contributed by atoms with E-state index in [1.165, 1.54) is 38.5 Å². The molecule has 4 saturated carbocycles. The van der Waals surface area contributed by atoms with E-state index in [4.69, 9.17) is 16.1 Å². The molecule has 0 aliphatic heterocycles. The van der Waals surface area contributed by atoms with Gasteiger partial charge in [-0.15, -0.1) is 11.6 Å². The van der Waals surface area contributed by atoms with Gasteiger partial charge in [0.25, 0.3) is 0 Å². The maximum absolute atomic E-state index is 5.83. The van der Waals surface area contributed by atoms with Gasteiger partial charge in [0.05, 0.1) is 11.6 Å². The number of aromatic nitrogens is 1. The predicted octanol–water partition coefficient (Wildman–Crippen LogP) is 3.88. The van der Waals surface area contributed by atoms with Crippen molar-refractivity contribution in [3.8, 4) is 0 Å². The Morgan fingerprint density at radius 2 is 1.76 bits per heavy atom. The number of hydrogen-bond donors (Lipinski definition) is 0. The summed E-state index contributed by atoms with van der Waals surface area (Å²) in [5.41, 5.74) is 1.23. The zero-order valence-electron chi connectivity index (χ0n) is 9.99. The summed E-state index contributed by atoms with van der Waals surface area (Å²) in [7, 11) is 0. The fraction of sp³-hybridized carbons (Fsp3) is 0.786. The summed E-state index contributed by atoms with van der Waals surface area (Å²) in [6, 6.07) is 2.11. The highest BCUT2D eigenvalue weighted by Gasteiger charge is 2.53. The van der Waals surface area contributed by atoms with E-state index in [0.717, 1.165) is 29.2 Å². The van der Waals surface area contributed by atoms with Crippen molar-refractivity contribution >= 4 is 11.6 Å². The second kappa shape index (κ2) is 3.50. The van der Waals surface area contributed by atoms with Crippen molar-refractivity contribution in [2.75, 3.05) is 0 Å². The number of rotatable bonds is 2. The molecule has 4 bridgehead atoms. The van der Waals surface area contributed by atoms with Crippen molar-refractivity contribution in [2.45, 2.75) is 49.8 Å². The van der Waals surface area contributed by atoms with E-state index in [2.05, 4.69) is 11.2 Å². The van der Waals surface area contributed by atoms with E-state index in [0.29, 0.717) is 11.3 Å². The van der Waals surface area contributed by atoms with Gasteiger partial charge in [-0.25, -0.2) is 0 Å². The van der Waals surface area contributed by atoms with E-state index < -0.39 is 0 Å². The van der Waals surface area contributed by atoms with E-state index in [-0.39, 0.29) is 0 Å². The van der Waals surface area contributed by atoms with Gasteiger partial charge < -0.3 is 4.52 Å². The molecule has 1 aromatic heterocycles. The Morgan fingerprint density at radius 1 is 1.18 bits per heavy atom. The largest absolute Gasteiger partial charge is 0.361 e. The van der Waals surface area contributed by atoms with Gasteiger partial charge in [-0.1, -0.05) is 5.16 Å². The Labute approximate surface area is 107 Å². The number of hydrogen-bond acceptors (Lipinski definition) is 2. The van der Waals surface area contributed by atoms with Crippen molar-refractivity contribution in [1.29, 1.82) is 0 Å². The molecule has 0 amide bonds. The molecule has 5 rings (SSSR count). The molecule has 17 heavy (non-hydrogen) atoms. The average molecular weight is 252 g/mol.